The number of rotatable bonds is 5. The second kappa shape index (κ2) is 7.39. The van der Waals surface area contributed by atoms with Crippen LogP contribution in [-0.4, -0.2) is 24.8 Å². The lowest BCUT2D eigenvalue weighted by Gasteiger charge is -2.35. The fraction of sp³-hybridized carbons (Fsp3) is 0.647. The van der Waals surface area contributed by atoms with Crippen molar-refractivity contribution < 1.29 is 9.84 Å². The average Bonchev–Trinajstić information content (AvgIpc) is 2.45. The summed E-state index contributed by atoms with van der Waals surface area (Å²) >= 11 is 12.4. The summed E-state index contributed by atoms with van der Waals surface area (Å²) in [5, 5.41) is 14.7. The third-order valence-electron chi connectivity index (χ3n) is 4.56. The zero-order valence-electron chi connectivity index (χ0n) is 13.5. The minimum Gasteiger partial charge on any atom is -0.497 e. The van der Waals surface area contributed by atoms with Crippen LogP contribution in [-0.2, 0) is 0 Å². The summed E-state index contributed by atoms with van der Waals surface area (Å²) in [5.41, 5.74) is 1.01. The summed E-state index contributed by atoms with van der Waals surface area (Å²) in [4.78, 5) is 0. The van der Waals surface area contributed by atoms with E-state index in [1.165, 1.54) is 12.8 Å². The van der Waals surface area contributed by atoms with Crippen LogP contribution in [0.25, 0.3) is 0 Å². The van der Waals surface area contributed by atoms with Gasteiger partial charge in [0.05, 0.1) is 23.3 Å². The minimum absolute atomic E-state index is 0.434. The van der Waals surface area contributed by atoms with E-state index in [2.05, 4.69) is 19.2 Å². The molecule has 1 aromatic carbocycles. The number of benzene rings is 1. The Balaban J connectivity index is 1.94. The van der Waals surface area contributed by atoms with E-state index in [0.29, 0.717) is 39.4 Å². The first-order chi connectivity index (χ1) is 10.3. The number of aliphatic hydroxyl groups is 1. The van der Waals surface area contributed by atoms with E-state index in [1.54, 1.807) is 19.2 Å². The van der Waals surface area contributed by atoms with Crippen LogP contribution in [0.2, 0.25) is 10.0 Å². The SMILES string of the molecule is COc1cc(Cl)c(C(O)CNC2CCC(C)(C)CC2)c(Cl)c1. The third kappa shape index (κ3) is 4.51. The first kappa shape index (κ1) is 17.9. The summed E-state index contributed by atoms with van der Waals surface area (Å²) < 4.78 is 5.12. The molecule has 0 saturated heterocycles. The zero-order chi connectivity index (χ0) is 16.3. The molecule has 124 valence electrons. The van der Waals surface area contributed by atoms with Gasteiger partial charge in [0.25, 0.3) is 0 Å². The quantitative estimate of drug-likeness (QED) is 0.819. The molecule has 1 unspecified atom stereocenters. The van der Waals surface area contributed by atoms with Gasteiger partial charge in [-0.15, -0.1) is 0 Å². The van der Waals surface area contributed by atoms with Crippen LogP contribution in [0, 0.1) is 5.41 Å². The van der Waals surface area contributed by atoms with Crippen molar-refractivity contribution in [2.75, 3.05) is 13.7 Å². The van der Waals surface area contributed by atoms with Gasteiger partial charge in [-0.3, -0.25) is 0 Å². The standard InChI is InChI=1S/C17H25Cl2NO2/c1-17(2)6-4-11(5-7-17)20-10-15(21)16-13(18)8-12(22-3)9-14(16)19/h8-9,11,15,20-21H,4-7,10H2,1-3H3. The molecule has 1 aromatic rings. The van der Waals surface area contributed by atoms with Crippen molar-refractivity contribution >= 4 is 23.2 Å². The van der Waals surface area contributed by atoms with Crippen LogP contribution in [0.4, 0.5) is 0 Å². The Morgan fingerprint density at radius 2 is 1.82 bits per heavy atom. The Morgan fingerprint density at radius 1 is 1.27 bits per heavy atom. The van der Waals surface area contributed by atoms with Gasteiger partial charge in [0.1, 0.15) is 5.75 Å². The van der Waals surface area contributed by atoms with Gasteiger partial charge in [0.2, 0.25) is 0 Å². The highest BCUT2D eigenvalue weighted by Gasteiger charge is 2.27. The van der Waals surface area contributed by atoms with Crippen molar-refractivity contribution in [1.29, 1.82) is 0 Å². The van der Waals surface area contributed by atoms with Gasteiger partial charge in [-0.2, -0.15) is 0 Å². The third-order valence-corrected chi connectivity index (χ3v) is 5.19. The first-order valence-electron chi connectivity index (χ1n) is 7.77. The highest BCUT2D eigenvalue weighted by atomic mass is 35.5. The number of methoxy groups -OCH3 is 1. The molecule has 0 aliphatic heterocycles. The lowest BCUT2D eigenvalue weighted by molar-refractivity contribution is 0.152. The molecular formula is C17H25Cl2NO2. The maximum absolute atomic E-state index is 10.4. The molecule has 0 radical (unpaired) electrons. The molecule has 0 spiro atoms. The second-order valence-electron chi connectivity index (χ2n) is 6.87. The number of aliphatic hydroxyl groups excluding tert-OH is 1. The summed E-state index contributed by atoms with van der Waals surface area (Å²) in [6, 6.07) is 3.81. The van der Waals surface area contributed by atoms with E-state index in [1.807, 2.05) is 0 Å². The summed E-state index contributed by atoms with van der Waals surface area (Å²) in [6.07, 6.45) is 3.99. The number of hydrogen-bond donors (Lipinski definition) is 2. The minimum atomic E-state index is -0.721. The molecule has 1 aliphatic rings. The van der Waals surface area contributed by atoms with Crippen LogP contribution in [0.1, 0.15) is 51.2 Å². The van der Waals surface area contributed by atoms with Crippen molar-refractivity contribution in [3.8, 4) is 5.75 Å². The molecule has 0 amide bonds. The Kier molecular flexibility index (Phi) is 6.00. The van der Waals surface area contributed by atoms with Crippen LogP contribution in [0.3, 0.4) is 0 Å². The van der Waals surface area contributed by atoms with Crippen molar-refractivity contribution in [2.24, 2.45) is 5.41 Å². The van der Waals surface area contributed by atoms with E-state index in [4.69, 9.17) is 27.9 Å². The molecule has 1 saturated carbocycles. The lowest BCUT2D eigenvalue weighted by atomic mass is 9.75. The van der Waals surface area contributed by atoms with Gasteiger partial charge in [-0.05, 0) is 43.2 Å². The monoisotopic (exact) mass is 345 g/mol. The molecule has 0 aromatic heterocycles. The summed E-state index contributed by atoms with van der Waals surface area (Å²) in [5.74, 6) is 0.591. The van der Waals surface area contributed by atoms with Crippen LogP contribution in [0.15, 0.2) is 12.1 Å². The van der Waals surface area contributed by atoms with Crippen molar-refractivity contribution in [3.63, 3.8) is 0 Å². The van der Waals surface area contributed by atoms with E-state index >= 15 is 0 Å². The zero-order valence-corrected chi connectivity index (χ0v) is 15.0. The Bertz CT molecular complexity index is 486. The van der Waals surface area contributed by atoms with Crippen molar-refractivity contribution in [1.82, 2.24) is 5.32 Å². The van der Waals surface area contributed by atoms with E-state index < -0.39 is 6.10 Å². The molecule has 0 heterocycles. The number of halogens is 2. The predicted octanol–water partition coefficient (Wildman–Crippen LogP) is 4.59. The molecule has 1 aliphatic carbocycles. The summed E-state index contributed by atoms with van der Waals surface area (Å²) in [7, 11) is 1.56. The van der Waals surface area contributed by atoms with Crippen molar-refractivity contribution in [2.45, 2.75) is 51.7 Å². The van der Waals surface area contributed by atoms with Gasteiger partial charge in [-0.1, -0.05) is 37.0 Å². The normalized spacial score (nSPS) is 19.9. The summed E-state index contributed by atoms with van der Waals surface area (Å²) in [6.45, 7) is 5.08. The number of ether oxygens (including phenoxy) is 1. The van der Waals surface area contributed by atoms with Gasteiger partial charge in [-0.25, -0.2) is 0 Å². The molecule has 22 heavy (non-hydrogen) atoms. The van der Waals surface area contributed by atoms with E-state index in [0.717, 1.165) is 12.8 Å². The number of hydrogen-bond acceptors (Lipinski definition) is 3. The molecule has 0 bridgehead atoms. The number of nitrogens with one attached hydrogen (secondary N) is 1. The van der Waals surface area contributed by atoms with E-state index in [-0.39, 0.29) is 0 Å². The molecule has 3 nitrogen and oxygen atoms in total. The van der Waals surface area contributed by atoms with Gasteiger partial charge in [0, 0.05) is 18.2 Å². The fourth-order valence-electron chi connectivity index (χ4n) is 2.98. The predicted molar refractivity (Wildman–Crippen MR) is 92.0 cm³/mol. The van der Waals surface area contributed by atoms with Gasteiger partial charge < -0.3 is 15.2 Å². The Morgan fingerprint density at radius 3 is 2.32 bits per heavy atom. The second-order valence-corrected chi connectivity index (χ2v) is 7.68. The molecule has 2 rings (SSSR count). The average molecular weight is 346 g/mol. The molecule has 5 heteroatoms. The van der Waals surface area contributed by atoms with Crippen LogP contribution >= 0.6 is 23.2 Å². The maximum atomic E-state index is 10.4. The van der Waals surface area contributed by atoms with Gasteiger partial charge in [0.15, 0.2) is 0 Å². The van der Waals surface area contributed by atoms with Crippen LogP contribution in [0.5, 0.6) is 5.75 Å². The van der Waals surface area contributed by atoms with Crippen molar-refractivity contribution in [3.05, 3.63) is 27.7 Å². The van der Waals surface area contributed by atoms with Gasteiger partial charge >= 0.3 is 0 Å². The molecule has 1 atom stereocenters. The Hall–Kier alpha value is -0.480. The highest BCUT2D eigenvalue weighted by Crippen LogP contribution is 2.36. The lowest BCUT2D eigenvalue weighted by Crippen LogP contribution is -2.37. The fourth-order valence-corrected chi connectivity index (χ4v) is 3.70. The van der Waals surface area contributed by atoms with Crippen LogP contribution < -0.4 is 10.1 Å². The highest BCUT2D eigenvalue weighted by molar-refractivity contribution is 6.36. The Labute approximate surface area is 143 Å². The largest absolute Gasteiger partial charge is 0.497 e. The van der Waals surface area contributed by atoms with E-state index in [9.17, 15) is 5.11 Å². The topological polar surface area (TPSA) is 41.5 Å². The smallest absolute Gasteiger partial charge is 0.121 e. The molecule has 2 N–H and O–H groups in total. The maximum Gasteiger partial charge on any atom is 0.121 e. The molecular weight excluding hydrogens is 321 g/mol. The molecule has 1 fully saturated rings. The first-order valence-corrected chi connectivity index (χ1v) is 8.52.